The zero-order chi connectivity index (χ0) is 36.4. The molecular weight excluding hydrogens is 663 g/mol. The number of aromatic nitrogens is 4. The molecule has 3 aromatic heterocycles. The van der Waals surface area contributed by atoms with Crippen molar-refractivity contribution in [2.75, 3.05) is 0 Å². The van der Waals surface area contributed by atoms with Gasteiger partial charge in [-0.3, -0.25) is 4.79 Å². The number of nitrogens with one attached hydrogen (secondary N) is 2. The Kier molecular flexibility index (Phi) is 8.27. The number of fused-ring (bicyclic) bond motifs is 8. The van der Waals surface area contributed by atoms with Crippen LogP contribution >= 0.6 is 0 Å². The third-order valence-corrected chi connectivity index (χ3v) is 9.71. The predicted molar refractivity (Wildman–Crippen MR) is 220 cm³/mol. The lowest BCUT2D eigenvalue weighted by molar-refractivity contribution is -0.104. The molecule has 2 aliphatic rings. The second kappa shape index (κ2) is 13.8. The largest absolute Gasteiger partial charge is 0.354 e. The van der Waals surface area contributed by atoms with E-state index >= 15 is 0 Å². The van der Waals surface area contributed by atoms with Crippen LogP contribution in [-0.2, 0) is 4.79 Å². The van der Waals surface area contributed by atoms with E-state index in [2.05, 4.69) is 82.8 Å². The summed E-state index contributed by atoms with van der Waals surface area (Å²) in [5.41, 5.74) is 14.7. The van der Waals surface area contributed by atoms with Gasteiger partial charge in [0.25, 0.3) is 0 Å². The number of hydrogen-bond donors (Lipinski definition) is 2. The second-order valence-corrected chi connectivity index (χ2v) is 13.0. The van der Waals surface area contributed by atoms with Gasteiger partial charge in [-0.05, 0) is 70.8 Å². The maximum absolute atomic E-state index is 12.1. The van der Waals surface area contributed by atoms with Crippen molar-refractivity contribution in [2.24, 2.45) is 0 Å². The first kappa shape index (κ1) is 32.3. The van der Waals surface area contributed by atoms with Crippen molar-refractivity contribution < 1.29 is 4.79 Å². The van der Waals surface area contributed by atoms with Gasteiger partial charge in [0.1, 0.15) is 6.07 Å². The number of nitrogens with zero attached hydrogens (tertiary/aromatic N) is 3. The molecule has 0 atom stereocenters. The van der Waals surface area contributed by atoms with Gasteiger partial charge < -0.3 is 9.97 Å². The van der Waals surface area contributed by atoms with E-state index in [1.807, 2.05) is 97.1 Å². The average molecular weight is 694 g/mol. The van der Waals surface area contributed by atoms with Crippen LogP contribution in [0.3, 0.4) is 0 Å². The van der Waals surface area contributed by atoms with Crippen LogP contribution in [0.2, 0.25) is 0 Å². The van der Waals surface area contributed by atoms with Crippen LogP contribution in [0.25, 0.3) is 97.0 Å². The number of carbonyl (C=O) groups excluding carboxylic acids is 1. The first-order chi connectivity index (χ1) is 26.7. The molecule has 0 unspecified atom stereocenters. The summed E-state index contributed by atoms with van der Waals surface area (Å²) >= 11 is 0. The van der Waals surface area contributed by atoms with E-state index in [1.165, 1.54) is 0 Å². The summed E-state index contributed by atoms with van der Waals surface area (Å²) in [7, 11) is 0. The van der Waals surface area contributed by atoms with Gasteiger partial charge in [0, 0.05) is 44.4 Å². The molecule has 6 nitrogen and oxygen atoms in total. The molecule has 5 heterocycles. The van der Waals surface area contributed by atoms with Gasteiger partial charge in [0.2, 0.25) is 0 Å². The minimum atomic E-state index is 0.00959. The van der Waals surface area contributed by atoms with Gasteiger partial charge in [-0.15, -0.1) is 0 Å². The monoisotopic (exact) mass is 693 g/mol. The minimum Gasteiger partial charge on any atom is -0.354 e. The average Bonchev–Trinajstić information content (AvgIpc) is 4.06. The highest BCUT2D eigenvalue weighted by Gasteiger charge is 2.20. The molecule has 7 aromatic rings. The Morgan fingerprint density at radius 2 is 0.889 bits per heavy atom. The lowest BCUT2D eigenvalue weighted by Gasteiger charge is -2.07. The number of aromatic amines is 2. The van der Waals surface area contributed by atoms with Crippen molar-refractivity contribution in [3.05, 3.63) is 173 Å². The van der Waals surface area contributed by atoms with E-state index in [0.717, 1.165) is 89.4 Å². The maximum Gasteiger partial charge on any atom is 0.160 e. The topological polar surface area (TPSA) is 98.2 Å². The molecule has 254 valence electrons. The van der Waals surface area contributed by atoms with Crippen molar-refractivity contribution >= 4 is 58.7 Å². The first-order valence-corrected chi connectivity index (χ1v) is 17.7. The van der Waals surface area contributed by atoms with Crippen LogP contribution < -0.4 is 0 Å². The summed E-state index contributed by atoms with van der Waals surface area (Å²) in [5, 5.41) is 9.91. The van der Waals surface area contributed by atoms with Crippen LogP contribution in [0.4, 0.5) is 0 Å². The van der Waals surface area contributed by atoms with E-state index in [1.54, 1.807) is 6.08 Å². The summed E-state index contributed by atoms with van der Waals surface area (Å²) in [6.07, 6.45) is 10.4. The number of carbonyl (C=O) groups is 1. The number of hydrogen-bond acceptors (Lipinski definition) is 4. The van der Waals surface area contributed by atoms with Crippen molar-refractivity contribution in [3.63, 3.8) is 0 Å². The van der Waals surface area contributed by atoms with Gasteiger partial charge in [0.05, 0.1) is 33.9 Å². The van der Waals surface area contributed by atoms with Crippen molar-refractivity contribution in [3.8, 4) is 50.6 Å². The minimum absolute atomic E-state index is 0.00959. The third kappa shape index (κ3) is 5.86. The highest BCUT2D eigenvalue weighted by molar-refractivity contribution is 6.03. The van der Waals surface area contributed by atoms with Gasteiger partial charge in [-0.25, -0.2) is 9.97 Å². The standard InChI is InChI=1S/C48H31N5O/c49-29-31(30-54)27-36-28-43-46(34-17-9-3-10-18-34)41-24-23-39(51-41)44(32-13-5-1-6-14-32)37-21-22-38(50-37)45(33-15-7-2-8-16-33)40-25-26-42(52-40)47(48(36)53-43)35-19-11-4-12-20-35/h1-28,30,50,53H/b31-27+,44-37?,44-39?,45-38?,45-40?,46-41?,46-43?,47-42?,48-47?. The van der Waals surface area contributed by atoms with E-state index in [-0.39, 0.29) is 5.57 Å². The molecule has 0 radical (unpaired) electrons. The number of rotatable bonds is 6. The van der Waals surface area contributed by atoms with Gasteiger partial charge in [0.15, 0.2) is 6.29 Å². The molecule has 6 heteroatoms. The Balaban J connectivity index is 1.54. The van der Waals surface area contributed by atoms with Crippen LogP contribution in [0.15, 0.2) is 145 Å². The number of allylic oxidation sites excluding steroid dienone is 1. The Morgan fingerprint density at radius 3 is 1.30 bits per heavy atom. The molecule has 2 N–H and O–H groups in total. The van der Waals surface area contributed by atoms with Crippen LogP contribution in [-0.4, -0.2) is 26.2 Å². The molecule has 0 saturated carbocycles. The van der Waals surface area contributed by atoms with E-state index in [0.29, 0.717) is 11.8 Å². The number of nitriles is 1. The summed E-state index contributed by atoms with van der Waals surface area (Å²) in [5.74, 6) is 0. The fourth-order valence-electron chi connectivity index (χ4n) is 7.32. The molecule has 0 fully saturated rings. The predicted octanol–water partition coefficient (Wildman–Crippen LogP) is 11.4. The molecular formula is C48H31N5O. The van der Waals surface area contributed by atoms with Gasteiger partial charge >= 0.3 is 0 Å². The fourth-order valence-corrected chi connectivity index (χ4v) is 7.32. The molecule has 0 aliphatic carbocycles. The van der Waals surface area contributed by atoms with Crippen LogP contribution in [0.1, 0.15) is 28.3 Å². The Morgan fingerprint density at radius 1 is 0.500 bits per heavy atom. The van der Waals surface area contributed by atoms with E-state index in [4.69, 9.17) is 9.97 Å². The van der Waals surface area contributed by atoms with E-state index in [9.17, 15) is 10.1 Å². The number of H-pyrrole nitrogens is 2. The van der Waals surface area contributed by atoms with Crippen molar-refractivity contribution in [1.82, 2.24) is 19.9 Å². The highest BCUT2D eigenvalue weighted by atomic mass is 16.1. The summed E-state index contributed by atoms with van der Waals surface area (Å²) in [6, 6.07) is 49.1. The van der Waals surface area contributed by atoms with Gasteiger partial charge in [-0.2, -0.15) is 5.26 Å². The second-order valence-electron chi connectivity index (χ2n) is 13.0. The third-order valence-electron chi connectivity index (χ3n) is 9.71. The molecule has 2 aliphatic heterocycles. The normalized spacial score (nSPS) is 12.1. The van der Waals surface area contributed by atoms with Gasteiger partial charge in [-0.1, -0.05) is 121 Å². The van der Waals surface area contributed by atoms with Crippen molar-refractivity contribution in [1.29, 1.82) is 5.26 Å². The molecule has 4 aromatic carbocycles. The lowest BCUT2D eigenvalue weighted by Crippen LogP contribution is -1.90. The van der Waals surface area contributed by atoms with E-state index < -0.39 is 0 Å². The lowest BCUT2D eigenvalue weighted by atomic mass is 10.0. The SMILES string of the molecule is N#C/C(C=O)=C\c1cc2[nH]c1c(-c1ccccc1)c1nc(c(-c3ccccc3)c3ccc([nH]3)c(-c3ccccc3)c3nc(c2-c2ccccc2)C=C3)C=C1. The maximum atomic E-state index is 12.1. The Hall–Kier alpha value is -7.62. The van der Waals surface area contributed by atoms with Crippen LogP contribution in [0, 0.1) is 11.3 Å². The first-order valence-electron chi connectivity index (χ1n) is 17.7. The van der Waals surface area contributed by atoms with Crippen LogP contribution in [0.5, 0.6) is 0 Å². The molecule has 0 saturated heterocycles. The zero-order valence-electron chi connectivity index (χ0n) is 29.0. The molecule has 0 amide bonds. The van der Waals surface area contributed by atoms with Crippen molar-refractivity contribution in [2.45, 2.75) is 0 Å². The number of aldehydes is 1. The smallest absolute Gasteiger partial charge is 0.160 e. The number of benzene rings is 4. The summed E-state index contributed by atoms with van der Waals surface area (Å²) in [4.78, 5) is 30.3. The quantitative estimate of drug-likeness (QED) is 0.103. The molecule has 0 spiro atoms. The molecule has 9 rings (SSSR count). The molecule has 54 heavy (non-hydrogen) atoms. The highest BCUT2D eigenvalue weighted by Crippen LogP contribution is 2.39. The Bertz CT molecular complexity index is 2880. The summed E-state index contributed by atoms with van der Waals surface area (Å²) < 4.78 is 0. The fraction of sp³-hybridized carbons (Fsp3) is 0. The molecule has 8 bridgehead atoms. The zero-order valence-corrected chi connectivity index (χ0v) is 29.0. The Labute approximate surface area is 311 Å². The summed E-state index contributed by atoms with van der Waals surface area (Å²) in [6.45, 7) is 0.